The summed E-state index contributed by atoms with van der Waals surface area (Å²) in [6.07, 6.45) is 7.30. The highest BCUT2D eigenvalue weighted by atomic mass is 16.2. The number of nitrogens with zero attached hydrogens (tertiary/aromatic N) is 1. The summed E-state index contributed by atoms with van der Waals surface area (Å²) >= 11 is 0. The maximum absolute atomic E-state index is 8.63. The maximum atomic E-state index is 8.63. The number of nitrogens with one attached hydrogen (secondary N) is 1. The van der Waals surface area contributed by atoms with Gasteiger partial charge in [-0.25, -0.2) is 0 Å². The van der Waals surface area contributed by atoms with Crippen molar-refractivity contribution in [1.82, 2.24) is 10.2 Å². The molecule has 0 bridgehead atoms. The van der Waals surface area contributed by atoms with Gasteiger partial charge in [0.25, 0.3) is 0 Å². The van der Waals surface area contributed by atoms with E-state index in [0.717, 1.165) is 13.0 Å². The van der Waals surface area contributed by atoms with Gasteiger partial charge in [0.15, 0.2) is 0 Å². The number of hydrogen-bond acceptors (Lipinski definition) is 3. The largest absolute Gasteiger partial charge is 0.396 e. The molecular formula is C12H26N2O. The van der Waals surface area contributed by atoms with Crippen LogP contribution in [0.3, 0.4) is 0 Å². The minimum absolute atomic E-state index is 0.348. The van der Waals surface area contributed by atoms with Gasteiger partial charge < -0.3 is 15.3 Å². The number of hydrogen-bond donors (Lipinski definition) is 2. The highest BCUT2D eigenvalue weighted by Crippen LogP contribution is 2.08. The zero-order valence-corrected chi connectivity index (χ0v) is 10.0. The van der Waals surface area contributed by atoms with Crippen LogP contribution in [0.25, 0.3) is 0 Å². The van der Waals surface area contributed by atoms with E-state index in [2.05, 4.69) is 17.3 Å². The Hall–Kier alpha value is -0.120. The predicted molar refractivity (Wildman–Crippen MR) is 64.1 cm³/mol. The lowest BCUT2D eigenvalue weighted by molar-refractivity contribution is 0.226. The maximum Gasteiger partial charge on any atom is 0.0431 e. The van der Waals surface area contributed by atoms with Crippen molar-refractivity contribution in [3.05, 3.63) is 0 Å². The molecule has 0 radical (unpaired) electrons. The van der Waals surface area contributed by atoms with E-state index in [4.69, 9.17) is 5.11 Å². The molecule has 1 atom stereocenters. The minimum Gasteiger partial charge on any atom is -0.396 e. The van der Waals surface area contributed by atoms with Crippen molar-refractivity contribution in [2.45, 2.75) is 44.6 Å². The molecule has 15 heavy (non-hydrogen) atoms. The lowest BCUT2D eigenvalue weighted by Crippen LogP contribution is -2.44. The number of rotatable bonds is 7. The molecule has 0 saturated carbocycles. The van der Waals surface area contributed by atoms with Gasteiger partial charge in [0, 0.05) is 19.2 Å². The average molecular weight is 214 g/mol. The molecule has 0 aromatic carbocycles. The molecule has 1 saturated heterocycles. The smallest absolute Gasteiger partial charge is 0.0431 e. The van der Waals surface area contributed by atoms with Crippen LogP contribution in [0.15, 0.2) is 0 Å². The molecule has 3 nitrogen and oxygen atoms in total. The Balaban J connectivity index is 1.90. The van der Waals surface area contributed by atoms with Crippen molar-refractivity contribution in [3.8, 4) is 0 Å². The summed E-state index contributed by atoms with van der Waals surface area (Å²) in [5.41, 5.74) is 0. The van der Waals surface area contributed by atoms with Gasteiger partial charge in [0.1, 0.15) is 0 Å². The molecule has 0 amide bonds. The van der Waals surface area contributed by atoms with Gasteiger partial charge in [0.05, 0.1) is 0 Å². The van der Waals surface area contributed by atoms with Gasteiger partial charge in [-0.1, -0.05) is 12.8 Å². The van der Waals surface area contributed by atoms with Gasteiger partial charge in [-0.15, -0.1) is 0 Å². The summed E-state index contributed by atoms with van der Waals surface area (Å²) in [6.45, 7) is 3.95. The van der Waals surface area contributed by atoms with E-state index in [-0.39, 0.29) is 0 Å². The molecule has 0 aliphatic carbocycles. The second-order valence-electron chi connectivity index (χ2n) is 4.69. The molecule has 0 spiro atoms. The van der Waals surface area contributed by atoms with Crippen molar-refractivity contribution in [3.63, 3.8) is 0 Å². The third-order valence-corrected chi connectivity index (χ3v) is 3.14. The number of piperidine rings is 1. The number of likely N-dealkylation sites (tertiary alicyclic amines) is 1. The average Bonchev–Trinajstić information content (AvgIpc) is 2.23. The van der Waals surface area contributed by atoms with E-state index in [0.29, 0.717) is 12.6 Å². The molecule has 2 N–H and O–H groups in total. The Morgan fingerprint density at radius 1 is 1.27 bits per heavy atom. The monoisotopic (exact) mass is 214 g/mol. The molecule has 3 heteroatoms. The molecule has 0 aromatic heterocycles. The van der Waals surface area contributed by atoms with Crippen LogP contribution < -0.4 is 5.32 Å². The van der Waals surface area contributed by atoms with Gasteiger partial charge in [0.2, 0.25) is 0 Å². The van der Waals surface area contributed by atoms with Crippen LogP contribution in [0, 0.1) is 0 Å². The Morgan fingerprint density at radius 3 is 2.80 bits per heavy atom. The van der Waals surface area contributed by atoms with Crippen molar-refractivity contribution >= 4 is 0 Å². The molecule has 0 aromatic rings. The van der Waals surface area contributed by atoms with Crippen molar-refractivity contribution < 1.29 is 5.11 Å². The zero-order valence-electron chi connectivity index (χ0n) is 10.0. The van der Waals surface area contributed by atoms with Crippen LogP contribution in [0.5, 0.6) is 0 Å². The Morgan fingerprint density at radius 2 is 2.07 bits per heavy atom. The quantitative estimate of drug-likeness (QED) is 0.626. The molecule has 1 aliphatic rings. The highest BCUT2D eigenvalue weighted by molar-refractivity contribution is 4.75. The summed E-state index contributed by atoms with van der Waals surface area (Å²) in [4.78, 5) is 2.41. The molecule has 90 valence electrons. The van der Waals surface area contributed by atoms with E-state index in [1.54, 1.807) is 0 Å². The fourth-order valence-electron chi connectivity index (χ4n) is 2.23. The molecule has 1 heterocycles. The van der Waals surface area contributed by atoms with Crippen LogP contribution >= 0.6 is 0 Å². The molecule has 1 unspecified atom stereocenters. The highest BCUT2D eigenvalue weighted by Gasteiger charge is 2.15. The minimum atomic E-state index is 0.348. The predicted octanol–water partition coefficient (Wildman–Crippen LogP) is 1.22. The number of unbranched alkanes of at least 4 members (excludes halogenated alkanes) is 3. The summed E-state index contributed by atoms with van der Waals surface area (Å²) in [6, 6.07) is 0.710. The van der Waals surface area contributed by atoms with Crippen LogP contribution in [0.1, 0.15) is 38.5 Å². The first-order chi connectivity index (χ1) is 7.33. The first kappa shape index (κ1) is 12.9. The second kappa shape index (κ2) is 8.08. The molecular weight excluding hydrogens is 188 g/mol. The van der Waals surface area contributed by atoms with E-state index in [1.807, 2.05) is 0 Å². The molecule has 1 aliphatic heterocycles. The fraction of sp³-hybridized carbons (Fsp3) is 1.00. The van der Waals surface area contributed by atoms with E-state index in [9.17, 15) is 0 Å². The first-order valence-corrected chi connectivity index (χ1v) is 6.35. The SMILES string of the molecule is CN1CCCC(NCCCCCCO)C1. The van der Waals surface area contributed by atoms with Crippen molar-refractivity contribution in [2.24, 2.45) is 0 Å². The Labute approximate surface area is 93.9 Å². The number of aliphatic hydroxyl groups excluding tert-OH is 1. The van der Waals surface area contributed by atoms with Gasteiger partial charge >= 0.3 is 0 Å². The van der Waals surface area contributed by atoms with Crippen LogP contribution in [-0.2, 0) is 0 Å². The fourth-order valence-corrected chi connectivity index (χ4v) is 2.23. The van der Waals surface area contributed by atoms with Crippen LogP contribution in [0.2, 0.25) is 0 Å². The van der Waals surface area contributed by atoms with E-state index in [1.165, 1.54) is 45.2 Å². The lowest BCUT2D eigenvalue weighted by atomic mass is 10.1. The van der Waals surface area contributed by atoms with Gasteiger partial charge in [-0.3, -0.25) is 0 Å². The van der Waals surface area contributed by atoms with Crippen molar-refractivity contribution in [1.29, 1.82) is 0 Å². The molecule has 1 rings (SSSR count). The lowest BCUT2D eigenvalue weighted by Gasteiger charge is -2.30. The number of aliphatic hydroxyl groups is 1. The van der Waals surface area contributed by atoms with Crippen molar-refractivity contribution in [2.75, 3.05) is 33.3 Å². The topological polar surface area (TPSA) is 35.5 Å². The Kier molecular flexibility index (Phi) is 6.98. The normalized spacial score (nSPS) is 23.2. The molecule has 1 fully saturated rings. The summed E-state index contributed by atoms with van der Waals surface area (Å²) in [7, 11) is 2.20. The first-order valence-electron chi connectivity index (χ1n) is 6.35. The third kappa shape index (κ3) is 6.13. The van der Waals surface area contributed by atoms with Crippen LogP contribution in [0.4, 0.5) is 0 Å². The number of likely N-dealkylation sites (N-methyl/N-ethyl adjacent to an activating group) is 1. The van der Waals surface area contributed by atoms with Gasteiger partial charge in [-0.2, -0.15) is 0 Å². The van der Waals surface area contributed by atoms with E-state index >= 15 is 0 Å². The van der Waals surface area contributed by atoms with E-state index < -0.39 is 0 Å². The zero-order chi connectivity index (χ0) is 10.9. The van der Waals surface area contributed by atoms with Gasteiger partial charge in [-0.05, 0) is 45.8 Å². The Bertz CT molecular complexity index is 153. The third-order valence-electron chi connectivity index (χ3n) is 3.14. The second-order valence-corrected chi connectivity index (χ2v) is 4.69. The summed E-state index contributed by atoms with van der Waals surface area (Å²) in [5.74, 6) is 0. The summed E-state index contributed by atoms with van der Waals surface area (Å²) < 4.78 is 0. The summed E-state index contributed by atoms with van der Waals surface area (Å²) in [5, 5.41) is 12.3. The standard InChI is InChI=1S/C12H26N2O/c1-14-9-6-7-12(11-14)13-8-4-2-3-5-10-15/h12-13,15H,2-11H2,1H3. The van der Waals surface area contributed by atoms with Crippen LogP contribution in [-0.4, -0.2) is 49.3 Å².